The van der Waals surface area contributed by atoms with Crippen molar-refractivity contribution >= 4 is 41.6 Å². The summed E-state index contributed by atoms with van der Waals surface area (Å²) < 4.78 is 12.4. The molecule has 24 heavy (non-hydrogen) atoms. The maximum absolute atomic E-state index is 12.7. The molecule has 0 saturated carbocycles. The molecule has 0 spiro atoms. The normalized spacial score (nSPS) is 11.8. The molecule has 3 aromatic rings. The summed E-state index contributed by atoms with van der Waals surface area (Å²) in [5.41, 5.74) is 0.624. The van der Waals surface area contributed by atoms with Crippen molar-refractivity contribution < 1.29 is 23.9 Å². The standard InChI is InChI=1S/C15H13N2O5PS/c1-2-13(18)11-8-24-15(16-11)14(19)10-7-17(23(20,21)22)12-6-4-3-5-9(10)12/h3-8H,2H2,1H3,(H2,20,21,22). The number of rotatable bonds is 5. The van der Waals surface area contributed by atoms with Gasteiger partial charge in [-0.15, -0.1) is 11.3 Å². The Hall–Kier alpha value is -2.12. The number of benzene rings is 1. The molecule has 1 aromatic carbocycles. The molecule has 0 radical (unpaired) electrons. The topological polar surface area (TPSA) is 109 Å². The van der Waals surface area contributed by atoms with Gasteiger partial charge < -0.3 is 9.79 Å². The Morgan fingerprint density at radius 1 is 1.29 bits per heavy atom. The van der Waals surface area contributed by atoms with Crippen LogP contribution in [0, 0.1) is 0 Å². The third kappa shape index (κ3) is 2.85. The zero-order valence-electron chi connectivity index (χ0n) is 12.5. The van der Waals surface area contributed by atoms with E-state index in [-0.39, 0.29) is 34.0 Å². The van der Waals surface area contributed by atoms with Crippen LogP contribution in [0.1, 0.15) is 39.2 Å². The molecule has 2 N–H and O–H groups in total. The fourth-order valence-electron chi connectivity index (χ4n) is 2.36. The maximum Gasteiger partial charge on any atom is 0.434 e. The lowest BCUT2D eigenvalue weighted by Gasteiger charge is -2.05. The van der Waals surface area contributed by atoms with Crippen molar-refractivity contribution in [2.45, 2.75) is 13.3 Å². The number of carbonyl (C=O) groups excluding carboxylic acids is 2. The average molecular weight is 364 g/mol. The number of fused-ring (bicyclic) bond motifs is 1. The lowest BCUT2D eigenvalue weighted by molar-refractivity contribution is 0.0984. The van der Waals surface area contributed by atoms with Gasteiger partial charge in [-0.3, -0.25) is 13.9 Å². The maximum atomic E-state index is 12.7. The summed E-state index contributed by atoms with van der Waals surface area (Å²) in [5, 5.41) is 2.05. The van der Waals surface area contributed by atoms with Crippen LogP contribution in [-0.4, -0.2) is 30.7 Å². The molecule has 124 valence electrons. The van der Waals surface area contributed by atoms with Gasteiger partial charge in [-0.2, -0.15) is 0 Å². The average Bonchev–Trinajstić information content (AvgIpc) is 3.18. The summed E-state index contributed by atoms with van der Waals surface area (Å²) in [7, 11) is -4.60. The van der Waals surface area contributed by atoms with Crippen LogP contribution in [0.4, 0.5) is 0 Å². The van der Waals surface area contributed by atoms with Crippen molar-refractivity contribution in [3.8, 4) is 0 Å². The highest BCUT2D eigenvalue weighted by atomic mass is 32.1. The molecule has 0 aliphatic rings. The van der Waals surface area contributed by atoms with Crippen molar-refractivity contribution in [1.82, 2.24) is 9.32 Å². The van der Waals surface area contributed by atoms with Crippen LogP contribution >= 0.6 is 19.1 Å². The van der Waals surface area contributed by atoms with Gasteiger partial charge in [0.2, 0.25) is 5.78 Å². The van der Waals surface area contributed by atoms with E-state index in [1.165, 1.54) is 11.4 Å². The number of Topliss-reactive ketones (excluding diaryl/α,β-unsaturated/α-hetero) is 1. The molecule has 0 unspecified atom stereocenters. The minimum Gasteiger partial charge on any atom is -0.308 e. The molecule has 2 heterocycles. The molecule has 0 amide bonds. The summed E-state index contributed by atoms with van der Waals surface area (Å²) in [5.74, 6) is -0.638. The van der Waals surface area contributed by atoms with Crippen LogP contribution < -0.4 is 0 Å². The van der Waals surface area contributed by atoms with Crippen LogP contribution in [0.15, 0.2) is 35.8 Å². The number of carbonyl (C=O) groups is 2. The molecule has 0 saturated heterocycles. The van der Waals surface area contributed by atoms with E-state index in [0.717, 1.165) is 21.9 Å². The lowest BCUT2D eigenvalue weighted by Crippen LogP contribution is -2.03. The second kappa shape index (κ2) is 6.07. The Morgan fingerprint density at radius 3 is 2.67 bits per heavy atom. The van der Waals surface area contributed by atoms with Crippen LogP contribution in [0.25, 0.3) is 10.9 Å². The van der Waals surface area contributed by atoms with Crippen LogP contribution in [0.5, 0.6) is 0 Å². The van der Waals surface area contributed by atoms with Crippen molar-refractivity contribution in [2.24, 2.45) is 0 Å². The van der Waals surface area contributed by atoms with Crippen molar-refractivity contribution in [3.63, 3.8) is 0 Å². The molecule has 0 aliphatic carbocycles. The molecule has 0 fully saturated rings. The number of thiazole rings is 1. The van der Waals surface area contributed by atoms with Gasteiger partial charge in [-0.1, -0.05) is 25.1 Å². The molecule has 7 nitrogen and oxygen atoms in total. The number of ketones is 2. The van der Waals surface area contributed by atoms with E-state index in [2.05, 4.69) is 4.98 Å². The predicted molar refractivity (Wildman–Crippen MR) is 89.5 cm³/mol. The quantitative estimate of drug-likeness (QED) is 0.532. The van der Waals surface area contributed by atoms with Crippen molar-refractivity contribution in [2.75, 3.05) is 0 Å². The minimum atomic E-state index is -4.60. The smallest absolute Gasteiger partial charge is 0.308 e. The first-order chi connectivity index (χ1) is 11.3. The third-order valence-electron chi connectivity index (χ3n) is 3.52. The van der Waals surface area contributed by atoms with Crippen LogP contribution in [0.2, 0.25) is 0 Å². The number of para-hydroxylation sites is 1. The minimum absolute atomic E-state index is 0.111. The van der Waals surface area contributed by atoms with Gasteiger partial charge in [-0.05, 0) is 6.07 Å². The van der Waals surface area contributed by atoms with Crippen LogP contribution in [0.3, 0.4) is 0 Å². The van der Waals surface area contributed by atoms with E-state index in [1.807, 2.05) is 0 Å². The summed E-state index contributed by atoms with van der Waals surface area (Å²) in [6.45, 7) is 1.71. The van der Waals surface area contributed by atoms with Gasteiger partial charge in [0.15, 0.2) is 10.8 Å². The number of hydrogen-bond acceptors (Lipinski definition) is 5. The Labute approximate surface area is 140 Å². The van der Waals surface area contributed by atoms with Gasteiger partial charge >= 0.3 is 7.75 Å². The van der Waals surface area contributed by atoms with Crippen LogP contribution in [-0.2, 0) is 4.57 Å². The van der Waals surface area contributed by atoms with Crippen molar-refractivity contribution in [3.05, 3.63) is 52.1 Å². The predicted octanol–water partition coefficient (Wildman–Crippen LogP) is 2.86. The van der Waals surface area contributed by atoms with E-state index < -0.39 is 13.5 Å². The zero-order chi connectivity index (χ0) is 17.5. The Kier molecular flexibility index (Phi) is 4.23. The SMILES string of the molecule is CCC(=O)c1csc(C(=O)c2cn(P(=O)(O)O)c3ccccc23)n1. The first-order valence-corrected chi connectivity index (χ1v) is 9.47. The van der Waals surface area contributed by atoms with Gasteiger partial charge in [-0.25, -0.2) is 9.55 Å². The molecule has 0 aliphatic heterocycles. The van der Waals surface area contributed by atoms with E-state index in [0.29, 0.717) is 5.39 Å². The first kappa shape index (κ1) is 16.7. The molecule has 0 atom stereocenters. The fourth-order valence-corrected chi connectivity index (χ4v) is 3.86. The summed E-state index contributed by atoms with van der Waals surface area (Å²) in [4.78, 5) is 47.3. The number of nitrogens with zero attached hydrogens (tertiary/aromatic N) is 2. The monoisotopic (exact) mass is 364 g/mol. The van der Waals surface area contributed by atoms with E-state index in [4.69, 9.17) is 0 Å². The second-order valence-corrected chi connectivity index (χ2v) is 7.38. The fraction of sp³-hybridized carbons (Fsp3) is 0.133. The van der Waals surface area contributed by atoms with Gasteiger partial charge in [0.05, 0.1) is 11.1 Å². The highest BCUT2D eigenvalue weighted by molar-refractivity contribution is 7.50. The second-order valence-electron chi connectivity index (χ2n) is 5.06. The molecule has 0 bridgehead atoms. The Bertz CT molecular complexity index is 1000. The molecular weight excluding hydrogens is 351 g/mol. The molecular formula is C15H13N2O5PS. The van der Waals surface area contributed by atoms with E-state index >= 15 is 0 Å². The first-order valence-electron chi connectivity index (χ1n) is 7.03. The Balaban J connectivity index is 2.13. The summed E-state index contributed by atoms with van der Waals surface area (Å²) in [6.07, 6.45) is 1.42. The van der Waals surface area contributed by atoms with E-state index in [1.54, 1.807) is 25.1 Å². The molecule has 3 rings (SSSR count). The number of aromatic nitrogens is 2. The van der Waals surface area contributed by atoms with Gasteiger partial charge in [0, 0.05) is 23.4 Å². The number of hydrogen-bond donors (Lipinski definition) is 2. The zero-order valence-corrected chi connectivity index (χ0v) is 14.3. The summed E-state index contributed by atoms with van der Waals surface area (Å²) in [6, 6.07) is 6.45. The van der Waals surface area contributed by atoms with Gasteiger partial charge in [0.1, 0.15) is 5.69 Å². The highest BCUT2D eigenvalue weighted by Crippen LogP contribution is 2.42. The summed E-state index contributed by atoms with van der Waals surface area (Å²) >= 11 is 1.04. The Morgan fingerprint density at radius 2 is 2.00 bits per heavy atom. The molecule has 2 aromatic heterocycles. The van der Waals surface area contributed by atoms with Gasteiger partial charge in [0.25, 0.3) is 0 Å². The molecule has 9 heteroatoms. The van der Waals surface area contributed by atoms with E-state index in [9.17, 15) is 23.9 Å². The highest BCUT2D eigenvalue weighted by Gasteiger charge is 2.26. The lowest BCUT2D eigenvalue weighted by atomic mass is 10.1. The largest absolute Gasteiger partial charge is 0.434 e. The third-order valence-corrected chi connectivity index (χ3v) is 5.26. The van der Waals surface area contributed by atoms with Crippen molar-refractivity contribution in [1.29, 1.82) is 0 Å².